The van der Waals surface area contributed by atoms with Gasteiger partial charge in [-0.1, -0.05) is 36.0 Å². The van der Waals surface area contributed by atoms with E-state index in [0.29, 0.717) is 10.8 Å². The molecule has 0 N–H and O–H groups in total. The Labute approximate surface area is 130 Å². The number of benzene rings is 2. The van der Waals surface area contributed by atoms with Crippen LogP contribution in [-0.2, 0) is 0 Å². The summed E-state index contributed by atoms with van der Waals surface area (Å²) in [7, 11) is 0. The third kappa shape index (κ3) is 3.43. The quantitative estimate of drug-likeness (QED) is 0.652. The molecule has 0 spiro atoms. The van der Waals surface area contributed by atoms with E-state index in [0.717, 1.165) is 11.0 Å². The fourth-order valence-electron chi connectivity index (χ4n) is 1.81. The molecular formula is C17H11F2NOS. The normalized spacial score (nSPS) is 10.5. The molecular weight excluding hydrogens is 304 g/mol. The smallest absolute Gasteiger partial charge is 0.201 e. The highest BCUT2D eigenvalue weighted by molar-refractivity contribution is 7.99. The number of pyridine rings is 1. The minimum atomic E-state index is -1.00. The molecule has 0 bridgehead atoms. The first kappa shape index (κ1) is 14.5. The van der Waals surface area contributed by atoms with E-state index in [-0.39, 0.29) is 5.75 Å². The third-order valence-corrected chi connectivity index (χ3v) is 3.76. The zero-order valence-corrected chi connectivity index (χ0v) is 12.2. The number of ether oxygens (including phenoxy) is 1. The molecule has 22 heavy (non-hydrogen) atoms. The first-order chi connectivity index (χ1) is 10.7. The fourth-order valence-corrected chi connectivity index (χ4v) is 2.63. The Morgan fingerprint density at radius 2 is 1.73 bits per heavy atom. The Balaban J connectivity index is 1.81. The fraction of sp³-hybridized carbons (Fsp3) is 0. The van der Waals surface area contributed by atoms with Crippen LogP contribution in [0, 0.1) is 11.6 Å². The second-order valence-corrected chi connectivity index (χ2v) is 5.49. The number of halogens is 2. The van der Waals surface area contributed by atoms with E-state index in [9.17, 15) is 8.78 Å². The van der Waals surface area contributed by atoms with Gasteiger partial charge in [0.05, 0.1) is 0 Å². The van der Waals surface area contributed by atoms with Crippen LogP contribution < -0.4 is 4.74 Å². The van der Waals surface area contributed by atoms with Crippen molar-refractivity contribution in [2.45, 2.75) is 9.92 Å². The van der Waals surface area contributed by atoms with E-state index in [1.165, 1.54) is 23.9 Å². The summed E-state index contributed by atoms with van der Waals surface area (Å²) in [4.78, 5) is 5.26. The van der Waals surface area contributed by atoms with Gasteiger partial charge in [-0.2, -0.15) is 4.39 Å². The first-order valence-corrected chi connectivity index (χ1v) is 7.35. The van der Waals surface area contributed by atoms with Gasteiger partial charge in [-0.25, -0.2) is 9.37 Å². The Morgan fingerprint density at radius 3 is 2.55 bits per heavy atom. The van der Waals surface area contributed by atoms with Gasteiger partial charge < -0.3 is 4.74 Å². The molecule has 3 rings (SSSR count). The first-order valence-electron chi connectivity index (χ1n) is 6.53. The number of hydrogen-bond donors (Lipinski definition) is 0. The van der Waals surface area contributed by atoms with Crippen LogP contribution in [0.15, 0.2) is 76.8 Å². The van der Waals surface area contributed by atoms with Crippen LogP contribution in [0.5, 0.6) is 11.5 Å². The molecule has 0 saturated carbocycles. The van der Waals surface area contributed by atoms with Crippen LogP contribution in [0.2, 0.25) is 0 Å². The molecule has 0 fully saturated rings. The molecule has 2 nitrogen and oxygen atoms in total. The summed E-state index contributed by atoms with van der Waals surface area (Å²) < 4.78 is 32.2. The van der Waals surface area contributed by atoms with E-state index in [2.05, 4.69) is 4.98 Å². The van der Waals surface area contributed by atoms with E-state index < -0.39 is 11.6 Å². The summed E-state index contributed by atoms with van der Waals surface area (Å²) in [6.45, 7) is 0. The summed E-state index contributed by atoms with van der Waals surface area (Å²) in [5.41, 5.74) is 0. The van der Waals surface area contributed by atoms with Crippen molar-refractivity contribution in [1.29, 1.82) is 0 Å². The SMILES string of the molecule is Fc1cccc(Oc2ccnc(Sc3ccccc3)c2)c1F. The minimum absolute atomic E-state index is 0.151. The molecule has 0 aliphatic rings. The highest BCUT2D eigenvalue weighted by Crippen LogP contribution is 2.30. The van der Waals surface area contributed by atoms with Crippen LogP contribution in [0.25, 0.3) is 0 Å². The van der Waals surface area contributed by atoms with Crippen LogP contribution in [0.1, 0.15) is 0 Å². The molecule has 0 unspecified atom stereocenters. The molecule has 1 aromatic heterocycles. The van der Waals surface area contributed by atoms with E-state index in [1.54, 1.807) is 18.3 Å². The van der Waals surface area contributed by atoms with Gasteiger partial charge in [0.25, 0.3) is 0 Å². The lowest BCUT2D eigenvalue weighted by Gasteiger charge is -2.08. The molecule has 5 heteroatoms. The van der Waals surface area contributed by atoms with Gasteiger partial charge in [0.2, 0.25) is 5.82 Å². The van der Waals surface area contributed by atoms with Crippen molar-refractivity contribution in [2.24, 2.45) is 0 Å². The van der Waals surface area contributed by atoms with Crippen molar-refractivity contribution >= 4 is 11.8 Å². The summed E-state index contributed by atoms with van der Waals surface area (Å²) >= 11 is 1.46. The Hall–Kier alpha value is -2.40. The monoisotopic (exact) mass is 315 g/mol. The minimum Gasteiger partial charge on any atom is -0.454 e. The Kier molecular flexibility index (Phi) is 4.34. The summed E-state index contributed by atoms with van der Waals surface area (Å²) in [6.07, 6.45) is 1.57. The van der Waals surface area contributed by atoms with Gasteiger partial charge >= 0.3 is 0 Å². The predicted molar refractivity (Wildman–Crippen MR) is 81.2 cm³/mol. The lowest BCUT2D eigenvalue weighted by Crippen LogP contribution is -1.92. The average Bonchev–Trinajstić information content (AvgIpc) is 2.53. The summed E-state index contributed by atoms with van der Waals surface area (Å²) in [5.74, 6) is -1.69. The van der Waals surface area contributed by atoms with Gasteiger partial charge in [0, 0.05) is 17.2 Å². The van der Waals surface area contributed by atoms with Crippen molar-refractivity contribution in [2.75, 3.05) is 0 Å². The van der Waals surface area contributed by atoms with Crippen LogP contribution in [0.4, 0.5) is 8.78 Å². The van der Waals surface area contributed by atoms with Gasteiger partial charge in [0.15, 0.2) is 11.6 Å². The van der Waals surface area contributed by atoms with Crippen LogP contribution >= 0.6 is 11.8 Å². The maximum absolute atomic E-state index is 13.6. The largest absolute Gasteiger partial charge is 0.454 e. The highest BCUT2D eigenvalue weighted by Gasteiger charge is 2.10. The summed E-state index contributed by atoms with van der Waals surface area (Å²) in [6, 6.07) is 16.8. The van der Waals surface area contributed by atoms with E-state index >= 15 is 0 Å². The topological polar surface area (TPSA) is 22.1 Å². The number of rotatable bonds is 4. The van der Waals surface area contributed by atoms with Crippen LogP contribution in [-0.4, -0.2) is 4.98 Å². The lowest BCUT2D eigenvalue weighted by molar-refractivity contribution is 0.415. The van der Waals surface area contributed by atoms with Gasteiger partial charge in [0.1, 0.15) is 10.8 Å². The van der Waals surface area contributed by atoms with Crippen molar-refractivity contribution in [3.05, 3.63) is 78.5 Å². The second kappa shape index (κ2) is 6.58. The average molecular weight is 315 g/mol. The highest BCUT2D eigenvalue weighted by atomic mass is 32.2. The van der Waals surface area contributed by atoms with Crippen LogP contribution in [0.3, 0.4) is 0 Å². The number of nitrogens with zero attached hydrogens (tertiary/aromatic N) is 1. The number of aromatic nitrogens is 1. The molecule has 0 radical (unpaired) electrons. The maximum Gasteiger partial charge on any atom is 0.201 e. The van der Waals surface area contributed by atoms with Crippen molar-refractivity contribution in [1.82, 2.24) is 4.98 Å². The molecule has 0 amide bonds. The molecule has 0 aliphatic heterocycles. The van der Waals surface area contributed by atoms with E-state index in [4.69, 9.17) is 4.74 Å². The Bertz CT molecular complexity index is 781. The predicted octanol–water partition coefficient (Wildman–Crippen LogP) is 5.30. The molecule has 2 aromatic carbocycles. The standard InChI is InChI=1S/C17H11F2NOS/c18-14-7-4-8-15(17(14)19)21-12-9-10-20-16(11-12)22-13-5-2-1-3-6-13/h1-11H. The molecule has 0 saturated heterocycles. The van der Waals surface area contributed by atoms with E-state index in [1.807, 2.05) is 30.3 Å². The van der Waals surface area contributed by atoms with Gasteiger partial charge in [-0.3, -0.25) is 0 Å². The molecule has 3 aromatic rings. The molecule has 0 aliphatic carbocycles. The zero-order chi connectivity index (χ0) is 15.4. The zero-order valence-electron chi connectivity index (χ0n) is 11.4. The van der Waals surface area contributed by atoms with Gasteiger partial charge in [-0.15, -0.1) is 0 Å². The van der Waals surface area contributed by atoms with Crippen molar-refractivity contribution in [3.8, 4) is 11.5 Å². The maximum atomic E-state index is 13.6. The van der Waals surface area contributed by atoms with Gasteiger partial charge in [-0.05, 0) is 30.3 Å². The van der Waals surface area contributed by atoms with Crippen molar-refractivity contribution < 1.29 is 13.5 Å². The molecule has 110 valence electrons. The number of hydrogen-bond acceptors (Lipinski definition) is 3. The molecule has 1 heterocycles. The lowest BCUT2D eigenvalue weighted by atomic mass is 10.3. The van der Waals surface area contributed by atoms with Crippen molar-refractivity contribution in [3.63, 3.8) is 0 Å². The molecule has 0 atom stereocenters. The summed E-state index contributed by atoms with van der Waals surface area (Å²) in [5, 5.41) is 0.709. The Morgan fingerprint density at radius 1 is 0.909 bits per heavy atom. The second-order valence-electron chi connectivity index (χ2n) is 4.40. The third-order valence-electron chi connectivity index (χ3n) is 2.82.